The Balaban J connectivity index is 2.78. The first-order valence-corrected chi connectivity index (χ1v) is 3.07. The molecule has 1 N–H and O–H groups in total. The van der Waals surface area contributed by atoms with Crippen molar-refractivity contribution in [2.45, 2.75) is 12.8 Å². The van der Waals surface area contributed by atoms with Crippen LogP contribution in [0.15, 0.2) is 17.1 Å². The molecule has 0 bridgehead atoms. The fourth-order valence-corrected chi connectivity index (χ4v) is 1.14. The third-order valence-electron chi connectivity index (χ3n) is 1.80. The van der Waals surface area contributed by atoms with Gasteiger partial charge in [0, 0.05) is 11.8 Å². The summed E-state index contributed by atoms with van der Waals surface area (Å²) in [5.74, 6) is 0. The lowest BCUT2D eigenvalue weighted by Crippen LogP contribution is -2.22. The highest BCUT2D eigenvalue weighted by molar-refractivity contribution is 5.31. The molecule has 1 aliphatic rings. The van der Waals surface area contributed by atoms with Crippen molar-refractivity contribution in [1.82, 2.24) is 4.98 Å². The highest BCUT2D eigenvalue weighted by Crippen LogP contribution is 2.16. The minimum atomic E-state index is 0.0961. The minimum Gasteiger partial charge on any atom is -0.329 e. The molecule has 0 amide bonds. The van der Waals surface area contributed by atoms with Crippen molar-refractivity contribution in [3.05, 3.63) is 33.7 Å². The standard InChI is InChI=1S/C7H7NO/c9-7-6-2-1-5(6)3-4-8-7/h3-4H,1-2H2,(H,8,9). The zero-order valence-electron chi connectivity index (χ0n) is 4.98. The van der Waals surface area contributed by atoms with Gasteiger partial charge in [0.05, 0.1) is 0 Å². The summed E-state index contributed by atoms with van der Waals surface area (Å²) in [5.41, 5.74) is 2.30. The zero-order chi connectivity index (χ0) is 6.27. The average Bonchev–Trinajstić information content (AvgIpc) is 1.74. The molecule has 0 saturated heterocycles. The number of hydrogen-bond acceptors (Lipinski definition) is 1. The highest BCUT2D eigenvalue weighted by Gasteiger charge is 2.14. The van der Waals surface area contributed by atoms with Crippen LogP contribution in [-0.2, 0) is 12.8 Å². The average molecular weight is 121 g/mol. The molecule has 2 rings (SSSR count). The number of nitrogens with one attached hydrogen (secondary N) is 1. The van der Waals surface area contributed by atoms with Gasteiger partial charge in [-0.3, -0.25) is 4.79 Å². The molecule has 2 nitrogen and oxygen atoms in total. The number of aryl methyl sites for hydroxylation is 1. The maximum Gasteiger partial charge on any atom is 0.251 e. The van der Waals surface area contributed by atoms with Gasteiger partial charge in [0.15, 0.2) is 0 Å². The molecule has 1 aliphatic carbocycles. The number of fused-ring (bicyclic) bond motifs is 1. The minimum absolute atomic E-state index is 0.0961. The monoisotopic (exact) mass is 121 g/mol. The lowest BCUT2D eigenvalue weighted by Gasteiger charge is -2.14. The first-order valence-electron chi connectivity index (χ1n) is 3.07. The Bertz CT molecular complexity index is 287. The van der Waals surface area contributed by atoms with Gasteiger partial charge in [-0.1, -0.05) is 0 Å². The second-order valence-electron chi connectivity index (χ2n) is 2.31. The number of rotatable bonds is 0. The first kappa shape index (κ1) is 4.79. The number of hydrogen-bond donors (Lipinski definition) is 1. The molecule has 0 saturated carbocycles. The Kier molecular flexibility index (Phi) is 0.781. The van der Waals surface area contributed by atoms with Crippen molar-refractivity contribution in [3.63, 3.8) is 0 Å². The lowest BCUT2D eigenvalue weighted by molar-refractivity contribution is 0.810. The molecule has 0 radical (unpaired) electrons. The predicted octanol–water partition coefficient (Wildman–Crippen LogP) is 0.474. The van der Waals surface area contributed by atoms with E-state index in [-0.39, 0.29) is 5.56 Å². The van der Waals surface area contributed by atoms with E-state index in [1.54, 1.807) is 6.20 Å². The van der Waals surface area contributed by atoms with Crippen molar-refractivity contribution in [1.29, 1.82) is 0 Å². The lowest BCUT2D eigenvalue weighted by atomic mass is 9.91. The third kappa shape index (κ3) is 0.529. The van der Waals surface area contributed by atoms with Crippen molar-refractivity contribution in [3.8, 4) is 0 Å². The van der Waals surface area contributed by atoms with Crippen LogP contribution in [0, 0.1) is 0 Å². The number of pyridine rings is 1. The molecule has 0 aliphatic heterocycles. The SMILES string of the molecule is O=c1[nH]ccc2c1CC2. The Labute approximate surface area is 52.5 Å². The van der Waals surface area contributed by atoms with Crippen molar-refractivity contribution in [2.75, 3.05) is 0 Å². The van der Waals surface area contributed by atoms with Crippen LogP contribution >= 0.6 is 0 Å². The van der Waals surface area contributed by atoms with Gasteiger partial charge < -0.3 is 4.98 Å². The molecule has 0 atom stereocenters. The van der Waals surface area contributed by atoms with Gasteiger partial charge >= 0.3 is 0 Å². The molecule has 0 unspecified atom stereocenters. The number of aromatic nitrogens is 1. The molecule has 2 heteroatoms. The van der Waals surface area contributed by atoms with Gasteiger partial charge in [-0.05, 0) is 24.5 Å². The Hall–Kier alpha value is -1.05. The summed E-state index contributed by atoms with van der Waals surface area (Å²) in [6.07, 6.45) is 3.76. The summed E-state index contributed by atoms with van der Waals surface area (Å²) in [5, 5.41) is 0. The van der Waals surface area contributed by atoms with Crippen LogP contribution in [0.25, 0.3) is 0 Å². The van der Waals surface area contributed by atoms with Gasteiger partial charge in [0.25, 0.3) is 5.56 Å². The summed E-state index contributed by atoms with van der Waals surface area (Å²) in [6, 6.07) is 1.97. The van der Waals surface area contributed by atoms with E-state index in [1.807, 2.05) is 6.07 Å². The van der Waals surface area contributed by atoms with Crippen LogP contribution in [0.1, 0.15) is 11.1 Å². The van der Waals surface area contributed by atoms with E-state index in [4.69, 9.17) is 0 Å². The van der Waals surface area contributed by atoms with Gasteiger partial charge in [-0.15, -0.1) is 0 Å². The Morgan fingerprint density at radius 2 is 2.33 bits per heavy atom. The number of H-pyrrole nitrogens is 1. The summed E-state index contributed by atoms with van der Waals surface area (Å²) in [4.78, 5) is 13.5. The fourth-order valence-electron chi connectivity index (χ4n) is 1.14. The normalized spacial score (nSPS) is 14.2. The first-order chi connectivity index (χ1) is 4.38. The summed E-state index contributed by atoms with van der Waals surface area (Å²) in [7, 11) is 0. The van der Waals surface area contributed by atoms with E-state index in [0.717, 1.165) is 18.4 Å². The fraction of sp³-hybridized carbons (Fsp3) is 0.286. The van der Waals surface area contributed by atoms with Crippen molar-refractivity contribution in [2.24, 2.45) is 0 Å². The van der Waals surface area contributed by atoms with E-state index in [0.29, 0.717) is 0 Å². The summed E-state index contributed by atoms with van der Waals surface area (Å²) < 4.78 is 0. The van der Waals surface area contributed by atoms with Crippen LogP contribution in [-0.4, -0.2) is 4.98 Å². The molecule has 0 aromatic carbocycles. The van der Waals surface area contributed by atoms with E-state index in [2.05, 4.69) is 4.98 Å². The second-order valence-corrected chi connectivity index (χ2v) is 2.31. The predicted molar refractivity (Wildman–Crippen MR) is 34.5 cm³/mol. The molecule has 1 aromatic rings. The smallest absolute Gasteiger partial charge is 0.251 e. The summed E-state index contributed by atoms with van der Waals surface area (Å²) >= 11 is 0. The van der Waals surface area contributed by atoms with E-state index < -0.39 is 0 Å². The molecule has 1 aromatic heterocycles. The largest absolute Gasteiger partial charge is 0.329 e. The topological polar surface area (TPSA) is 32.9 Å². The van der Waals surface area contributed by atoms with Crippen molar-refractivity contribution >= 4 is 0 Å². The molecule has 9 heavy (non-hydrogen) atoms. The van der Waals surface area contributed by atoms with Crippen LogP contribution in [0.3, 0.4) is 0 Å². The maximum atomic E-state index is 10.8. The molecule has 1 heterocycles. The van der Waals surface area contributed by atoms with Crippen LogP contribution in [0.2, 0.25) is 0 Å². The number of aromatic amines is 1. The highest BCUT2D eigenvalue weighted by atomic mass is 16.1. The van der Waals surface area contributed by atoms with Gasteiger partial charge in [0.2, 0.25) is 0 Å². The molecule has 0 spiro atoms. The van der Waals surface area contributed by atoms with Crippen LogP contribution < -0.4 is 5.56 Å². The van der Waals surface area contributed by atoms with E-state index >= 15 is 0 Å². The quantitative estimate of drug-likeness (QED) is 0.532. The molecule has 46 valence electrons. The van der Waals surface area contributed by atoms with Gasteiger partial charge in [-0.2, -0.15) is 0 Å². The maximum absolute atomic E-state index is 10.8. The van der Waals surface area contributed by atoms with Crippen molar-refractivity contribution < 1.29 is 0 Å². The second kappa shape index (κ2) is 1.47. The molecular formula is C7H7NO. The van der Waals surface area contributed by atoms with Gasteiger partial charge in [-0.25, -0.2) is 0 Å². The molecule has 0 fully saturated rings. The van der Waals surface area contributed by atoms with E-state index in [1.165, 1.54) is 5.56 Å². The van der Waals surface area contributed by atoms with E-state index in [9.17, 15) is 4.79 Å². The zero-order valence-corrected chi connectivity index (χ0v) is 4.98. The van der Waals surface area contributed by atoms with Crippen LogP contribution in [0.5, 0.6) is 0 Å². The van der Waals surface area contributed by atoms with Gasteiger partial charge in [0.1, 0.15) is 0 Å². The molecular weight excluding hydrogens is 114 g/mol. The van der Waals surface area contributed by atoms with Crippen LogP contribution in [0.4, 0.5) is 0 Å². The Morgan fingerprint density at radius 3 is 2.78 bits per heavy atom. The Morgan fingerprint density at radius 1 is 1.44 bits per heavy atom. The summed E-state index contributed by atoms with van der Waals surface area (Å²) in [6.45, 7) is 0. The third-order valence-corrected chi connectivity index (χ3v) is 1.80.